The number of hydrogen-bond donors (Lipinski definition) is 0. The van der Waals surface area contributed by atoms with Gasteiger partial charge in [0.05, 0.1) is 9.75 Å². The molecule has 0 bridgehead atoms. The molecule has 0 unspecified atom stereocenters. The molecule has 0 N–H and O–H groups in total. The van der Waals surface area contributed by atoms with Crippen molar-refractivity contribution in [3.63, 3.8) is 0 Å². The van der Waals surface area contributed by atoms with Gasteiger partial charge >= 0.3 is 0 Å². The SMILES string of the molecule is O=c1sc(-c2ccccc2)c(-c2ccccc2)s1. The molecule has 88 valence electrons. The minimum absolute atomic E-state index is 0.146. The summed E-state index contributed by atoms with van der Waals surface area (Å²) in [5.74, 6) is 0. The van der Waals surface area contributed by atoms with E-state index in [2.05, 4.69) is 0 Å². The standard InChI is InChI=1S/C15H10OS2/c16-15-17-13(11-7-3-1-4-8-11)14(18-15)12-9-5-2-6-10-12/h1-10H. The lowest BCUT2D eigenvalue weighted by atomic mass is 10.1. The third-order valence-corrected chi connectivity index (χ3v) is 4.90. The van der Waals surface area contributed by atoms with E-state index in [0.717, 1.165) is 20.9 Å². The first-order chi connectivity index (χ1) is 8.84. The molecule has 3 rings (SSSR count). The molecule has 0 saturated carbocycles. The van der Waals surface area contributed by atoms with Gasteiger partial charge in [0.25, 0.3) is 4.06 Å². The van der Waals surface area contributed by atoms with Crippen molar-refractivity contribution in [2.75, 3.05) is 0 Å². The number of rotatable bonds is 2. The topological polar surface area (TPSA) is 17.1 Å². The third kappa shape index (κ3) is 2.15. The number of hydrogen-bond acceptors (Lipinski definition) is 3. The average molecular weight is 270 g/mol. The fourth-order valence-corrected chi connectivity index (χ4v) is 4.02. The highest BCUT2D eigenvalue weighted by atomic mass is 32.2. The summed E-state index contributed by atoms with van der Waals surface area (Å²) in [5.41, 5.74) is 2.22. The maximum atomic E-state index is 11.7. The van der Waals surface area contributed by atoms with Gasteiger partial charge in [0.1, 0.15) is 0 Å². The molecular weight excluding hydrogens is 260 g/mol. The second-order valence-corrected chi connectivity index (χ2v) is 6.07. The predicted octanol–water partition coefficient (Wildman–Crippen LogP) is 4.50. The van der Waals surface area contributed by atoms with Crippen LogP contribution in [0.4, 0.5) is 0 Å². The van der Waals surface area contributed by atoms with Gasteiger partial charge in [-0.3, -0.25) is 4.79 Å². The summed E-state index contributed by atoms with van der Waals surface area (Å²) in [6.45, 7) is 0. The van der Waals surface area contributed by atoms with Crippen molar-refractivity contribution >= 4 is 22.7 Å². The largest absolute Gasteiger partial charge is 0.288 e. The van der Waals surface area contributed by atoms with Crippen LogP contribution in [0.15, 0.2) is 65.5 Å². The van der Waals surface area contributed by atoms with Crippen LogP contribution in [0.3, 0.4) is 0 Å². The fourth-order valence-electron chi connectivity index (χ4n) is 1.84. The Hall–Kier alpha value is -1.71. The molecule has 0 saturated heterocycles. The van der Waals surface area contributed by atoms with Gasteiger partial charge in [0.2, 0.25) is 0 Å². The van der Waals surface area contributed by atoms with Gasteiger partial charge in [-0.25, -0.2) is 0 Å². The predicted molar refractivity (Wildman–Crippen MR) is 79.3 cm³/mol. The van der Waals surface area contributed by atoms with E-state index in [-0.39, 0.29) is 4.06 Å². The van der Waals surface area contributed by atoms with E-state index >= 15 is 0 Å². The fraction of sp³-hybridized carbons (Fsp3) is 0. The Labute approximate surface area is 113 Å². The van der Waals surface area contributed by atoms with Crippen LogP contribution in [-0.4, -0.2) is 0 Å². The highest BCUT2D eigenvalue weighted by Crippen LogP contribution is 2.37. The van der Waals surface area contributed by atoms with Crippen LogP contribution in [0.25, 0.3) is 20.9 Å². The van der Waals surface area contributed by atoms with Crippen molar-refractivity contribution in [3.8, 4) is 20.9 Å². The summed E-state index contributed by atoms with van der Waals surface area (Å²) in [6.07, 6.45) is 0. The van der Waals surface area contributed by atoms with Crippen molar-refractivity contribution in [2.24, 2.45) is 0 Å². The van der Waals surface area contributed by atoms with Crippen LogP contribution in [0, 0.1) is 0 Å². The van der Waals surface area contributed by atoms with E-state index in [4.69, 9.17) is 0 Å². The zero-order valence-electron chi connectivity index (χ0n) is 9.50. The van der Waals surface area contributed by atoms with Crippen molar-refractivity contribution in [1.29, 1.82) is 0 Å². The van der Waals surface area contributed by atoms with Crippen LogP contribution >= 0.6 is 22.7 Å². The average Bonchev–Trinajstić information content (AvgIpc) is 2.83. The molecule has 0 spiro atoms. The first-order valence-corrected chi connectivity index (χ1v) is 7.22. The van der Waals surface area contributed by atoms with E-state index in [1.165, 1.54) is 22.7 Å². The van der Waals surface area contributed by atoms with Crippen molar-refractivity contribution in [2.45, 2.75) is 0 Å². The summed E-state index contributed by atoms with van der Waals surface area (Å²) in [4.78, 5) is 13.8. The smallest absolute Gasteiger partial charge is 0.265 e. The van der Waals surface area contributed by atoms with Crippen LogP contribution < -0.4 is 4.06 Å². The molecule has 0 radical (unpaired) electrons. The lowest BCUT2D eigenvalue weighted by molar-refractivity contribution is 1.67. The molecule has 0 amide bonds. The molecular formula is C15H10OS2. The van der Waals surface area contributed by atoms with E-state index in [1.807, 2.05) is 60.7 Å². The maximum Gasteiger partial charge on any atom is 0.288 e. The molecule has 0 fully saturated rings. The van der Waals surface area contributed by atoms with Crippen LogP contribution in [0.1, 0.15) is 0 Å². The first-order valence-electron chi connectivity index (χ1n) is 5.59. The van der Waals surface area contributed by atoms with E-state index in [9.17, 15) is 4.79 Å². The molecule has 3 aromatic rings. The van der Waals surface area contributed by atoms with Crippen molar-refractivity contribution in [1.82, 2.24) is 0 Å². The van der Waals surface area contributed by atoms with Crippen LogP contribution in [0.5, 0.6) is 0 Å². The van der Waals surface area contributed by atoms with Gasteiger partial charge in [0, 0.05) is 0 Å². The third-order valence-electron chi connectivity index (χ3n) is 2.65. The minimum Gasteiger partial charge on any atom is -0.265 e. The van der Waals surface area contributed by atoms with E-state index in [1.54, 1.807) is 0 Å². The molecule has 3 heteroatoms. The molecule has 0 aliphatic carbocycles. The molecule has 0 atom stereocenters. The zero-order chi connectivity index (χ0) is 12.4. The van der Waals surface area contributed by atoms with Gasteiger partial charge in [0.15, 0.2) is 0 Å². The summed E-state index contributed by atoms with van der Waals surface area (Å²) < 4.78 is 0.146. The van der Waals surface area contributed by atoms with Crippen molar-refractivity contribution < 1.29 is 0 Å². The summed E-state index contributed by atoms with van der Waals surface area (Å²) in [5, 5.41) is 0. The number of benzene rings is 2. The Morgan fingerprint density at radius 1 is 0.611 bits per heavy atom. The first kappa shape index (κ1) is 11.4. The van der Waals surface area contributed by atoms with Gasteiger partial charge in [-0.15, -0.1) is 0 Å². The molecule has 1 nitrogen and oxygen atoms in total. The lowest BCUT2D eigenvalue weighted by Crippen LogP contribution is -1.76. The molecule has 18 heavy (non-hydrogen) atoms. The van der Waals surface area contributed by atoms with Gasteiger partial charge in [-0.2, -0.15) is 0 Å². The molecule has 1 aromatic heterocycles. The van der Waals surface area contributed by atoms with Gasteiger partial charge in [-0.1, -0.05) is 83.3 Å². The Morgan fingerprint density at radius 3 is 1.39 bits per heavy atom. The van der Waals surface area contributed by atoms with E-state index in [0.29, 0.717) is 0 Å². The highest BCUT2D eigenvalue weighted by Gasteiger charge is 2.12. The molecule has 0 aliphatic rings. The molecule has 2 aromatic carbocycles. The van der Waals surface area contributed by atoms with Crippen molar-refractivity contribution in [3.05, 3.63) is 69.5 Å². The van der Waals surface area contributed by atoms with Gasteiger partial charge < -0.3 is 0 Å². The Morgan fingerprint density at radius 2 is 1.00 bits per heavy atom. The highest BCUT2D eigenvalue weighted by molar-refractivity contribution is 7.32. The second-order valence-electron chi connectivity index (χ2n) is 3.84. The summed E-state index contributed by atoms with van der Waals surface area (Å²) in [6, 6.07) is 20.2. The Bertz CT molecular complexity index is 636. The quantitative estimate of drug-likeness (QED) is 0.670. The zero-order valence-corrected chi connectivity index (χ0v) is 11.1. The van der Waals surface area contributed by atoms with Crippen LogP contribution in [0.2, 0.25) is 0 Å². The Kier molecular flexibility index (Phi) is 3.09. The van der Waals surface area contributed by atoms with Crippen LogP contribution in [-0.2, 0) is 0 Å². The van der Waals surface area contributed by atoms with Gasteiger partial charge in [-0.05, 0) is 11.1 Å². The molecule has 0 aliphatic heterocycles. The lowest BCUT2D eigenvalue weighted by Gasteiger charge is -2.02. The monoisotopic (exact) mass is 270 g/mol. The summed E-state index contributed by atoms with van der Waals surface area (Å²) in [7, 11) is 0. The van der Waals surface area contributed by atoms with E-state index < -0.39 is 0 Å². The maximum absolute atomic E-state index is 11.7. The normalized spacial score (nSPS) is 10.4. The summed E-state index contributed by atoms with van der Waals surface area (Å²) >= 11 is 2.65. The Balaban J connectivity index is 2.21. The molecule has 1 heterocycles. The minimum atomic E-state index is 0.146. The second kappa shape index (κ2) is 4.88.